The molecule has 0 aliphatic heterocycles. The number of carbonyl (C=O) groups is 1. The van der Waals surface area contributed by atoms with Crippen LogP contribution in [0.15, 0.2) is 48.5 Å². The van der Waals surface area contributed by atoms with Crippen LogP contribution < -0.4 is 14.8 Å². The quantitative estimate of drug-likeness (QED) is 0.816. The number of nitrogens with one attached hydrogen (secondary N) is 1. The number of hydrogen-bond acceptors (Lipinski definition) is 3. The molecule has 0 heterocycles. The normalized spacial score (nSPS) is 13.0. The van der Waals surface area contributed by atoms with Crippen molar-refractivity contribution in [3.63, 3.8) is 0 Å². The van der Waals surface area contributed by atoms with Gasteiger partial charge in [0.1, 0.15) is 11.5 Å². The molecule has 2 aromatic rings. The summed E-state index contributed by atoms with van der Waals surface area (Å²) in [6, 6.07) is 15.3. The lowest BCUT2D eigenvalue weighted by Gasteiger charge is -2.23. The summed E-state index contributed by atoms with van der Waals surface area (Å²) >= 11 is 0. The molecule has 0 fully saturated rings. The first-order valence-electron chi connectivity index (χ1n) is 8.18. The van der Waals surface area contributed by atoms with E-state index in [1.807, 2.05) is 30.3 Å². The fourth-order valence-corrected chi connectivity index (χ4v) is 2.75. The lowest BCUT2D eigenvalue weighted by molar-refractivity contribution is -0.118. The van der Waals surface area contributed by atoms with Gasteiger partial charge in [-0.3, -0.25) is 4.79 Å². The van der Waals surface area contributed by atoms with Crippen LogP contribution in [0.2, 0.25) is 0 Å². The van der Waals surface area contributed by atoms with E-state index in [1.165, 1.54) is 0 Å². The van der Waals surface area contributed by atoms with Crippen molar-refractivity contribution in [2.45, 2.75) is 26.2 Å². The van der Waals surface area contributed by atoms with E-state index in [9.17, 15) is 4.79 Å². The Bertz CT molecular complexity index is 670. The Labute approximate surface area is 143 Å². The van der Waals surface area contributed by atoms with Crippen molar-refractivity contribution in [1.82, 2.24) is 0 Å². The van der Waals surface area contributed by atoms with E-state index in [0.29, 0.717) is 17.2 Å². The van der Waals surface area contributed by atoms with Crippen LogP contribution in [-0.4, -0.2) is 20.1 Å². The van der Waals surface area contributed by atoms with Crippen LogP contribution in [0, 0.1) is 5.92 Å². The van der Waals surface area contributed by atoms with Crippen LogP contribution >= 0.6 is 0 Å². The zero-order valence-corrected chi connectivity index (χ0v) is 14.7. The molecule has 0 spiro atoms. The van der Waals surface area contributed by atoms with Gasteiger partial charge >= 0.3 is 0 Å². The summed E-state index contributed by atoms with van der Waals surface area (Å²) in [5.41, 5.74) is 1.67. The molecule has 1 N–H and O–H groups in total. The van der Waals surface area contributed by atoms with Crippen LogP contribution in [0.5, 0.6) is 11.5 Å². The van der Waals surface area contributed by atoms with E-state index in [0.717, 1.165) is 12.0 Å². The number of methoxy groups -OCH3 is 2. The number of amides is 1. The summed E-state index contributed by atoms with van der Waals surface area (Å²) < 4.78 is 10.6. The van der Waals surface area contributed by atoms with Gasteiger partial charge in [0.2, 0.25) is 5.91 Å². The van der Waals surface area contributed by atoms with Crippen LogP contribution in [-0.2, 0) is 4.79 Å². The van der Waals surface area contributed by atoms with Crippen LogP contribution in [0.25, 0.3) is 0 Å². The number of rotatable bonds is 7. The molecule has 4 nitrogen and oxygen atoms in total. The van der Waals surface area contributed by atoms with Gasteiger partial charge in [-0.2, -0.15) is 0 Å². The van der Waals surface area contributed by atoms with E-state index < -0.39 is 0 Å². The highest BCUT2D eigenvalue weighted by Crippen LogP contribution is 2.32. The van der Waals surface area contributed by atoms with Gasteiger partial charge in [-0.15, -0.1) is 0 Å². The van der Waals surface area contributed by atoms with Gasteiger partial charge < -0.3 is 14.8 Å². The van der Waals surface area contributed by atoms with Crippen molar-refractivity contribution in [2.24, 2.45) is 5.92 Å². The molecule has 0 bridgehead atoms. The predicted octanol–water partition coefficient (Wildman–Crippen LogP) is 4.47. The van der Waals surface area contributed by atoms with Crippen LogP contribution in [0.3, 0.4) is 0 Å². The third-order valence-corrected chi connectivity index (χ3v) is 4.32. The lowest BCUT2D eigenvalue weighted by atomic mass is 9.85. The summed E-state index contributed by atoms with van der Waals surface area (Å²) in [5.74, 6) is 1.27. The lowest BCUT2D eigenvalue weighted by Crippen LogP contribution is -2.26. The molecular formula is C20H25NO3. The number of hydrogen-bond donors (Lipinski definition) is 1. The minimum Gasteiger partial charge on any atom is -0.497 e. The number of benzene rings is 2. The van der Waals surface area contributed by atoms with Crippen molar-refractivity contribution in [3.05, 3.63) is 54.1 Å². The first-order valence-corrected chi connectivity index (χ1v) is 8.18. The Kier molecular flexibility index (Phi) is 6.24. The van der Waals surface area contributed by atoms with Crippen LogP contribution in [0.4, 0.5) is 5.69 Å². The third-order valence-electron chi connectivity index (χ3n) is 4.32. The second-order valence-corrected chi connectivity index (χ2v) is 5.83. The van der Waals surface area contributed by atoms with Crippen molar-refractivity contribution in [3.8, 4) is 11.5 Å². The topological polar surface area (TPSA) is 47.6 Å². The molecule has 0 saturated heterocycles. The number of carbonyl (C=O) groups excluding carboxylic acids is 1. The first kappa shape index (κ1) is 17.9. The molecule has 4 heteroatoms. The highest BCUT2D eigenvalue weighted by Gasteiger charge is 2.26. The van der Waals surface area contributed by atoms with Gasteiger partial charge in [0.05, 0.1) is 25.8 Å². The molecule has 2 aromatic carbocycles. The van der Waals surface area contributed by atoms with Gasteiger partial charge in [-0.1, -0.05) is 50.6 Å². The largest absolute Gasteiger partial charge is 0.497 e. The van der Waals surface area contributed by atoms with E-state index in [-0.39, 0.29) is 17.7 Å². The van der Waals surface area contributed by atoms with Gasteiger partial charge in [-0.05, 0) is 23.6 Å². The molecule has 0 aromatic heterocycles. The molecule has 2 rings (SSSR count). The fourth-order valence-electron chi connectivity index (χ4n) is 2.75. The maximum absolute atomic E-state index is 12.9. The van der Waals surface area contributed by atoms with E-state index in [2.05, 4.69) is 19.2 Å². The molecule has 24 heavy (non-hydrogen) atoms. The molecule has 0 radical (unpaired) electrons. The first-order chi connectivity index (χ1) is 11.6. The van der Waals surface area contributed by atoms with Crippen molar-refractivity contribution in [2.75, 3.05) is 19.5 Å². The molecule has 0 aliphatic carbocycles. The van der Waals surface area contributed by atoms with Gasteiger partial charge in [-0.25, -0.2) is 0 Å². The average Bonchev–Trinajstić information content (AvgIpc) is 2.62. The molecular weight excluding hydrogens is 302 g/mol. The molecule has 0 unspecified atom stereocenters. The van der Waals surface area contributed by atoms with E-state index >= 15 is 0 Å². The molecule has 128 valence electrons. The summed E-state index contributed by atoms with van der Waals surface area (Å²) in [5, 5.41) is 3.01. The summed E-state index contributed by atoms with van der Waals surface area (Å²) in [4.78, 5) is 12.9. The Morgan fingerprint density at radius 1 is 1.08 bits per heavy atom. The van der Waals surface area contributed by atoms with Crippen molar-refractivity contribution in [1.29, 1.82) is 0 Å². The average molecular weight is 327 g/mol. The van der Waals surface area contributed by atoms with E-state index in [1.54, 1.807) is 32.4 Å². The fraction of sp³-hybridized carbons (Fsp3) is 0.350. The maximum atomic E-state index is 12.9. The van der Waals surface area contributed by atoms with E-state index in [4.69, 9.17) is 9.47 Å². The minimum atomic E-state index is -0.206. The van der Waals surface area contributed by atoms with Crippen molar-refractivity contribution >= 4 is 11.6 Å². The molecule has 0 aliphatic rings. The Morgan fingerprint density at radius 2 is 1.79 bits per heavy atom. The summed E-state index contributed by atoms with van der Waals surface area (Å²) in [7, 11) is 3.18. The molecule has 0 saturated carbocycles. The highest BCUT2D eigenvalue weighted by atomic mass is 16.5. The Morgan fingerprint density at radius 3 is 2.38 bits per heavy atom. The SMILES string of the molecule is CC[C@@H](C)[C@H](C(=O)Nc1ccc(OC)cc1OC)c1ccccc1. The Balaban J connectivity index is 2.28. The smallest absolute Gasteiger partial charge is 0.232 e. The summed E-state index contributed by atoms with van der Waals surface area (Å²) in [6.07, 6.45) is 0.923. The maximum Gasteiger partial charge on any atom is 0.232 e. The van der Waals surface area contributed by atoms with Crippen LogP contribution in [0.1, 0.15) is 31.7 Å². The summed E-state index contributed by atoms with van der Waals surface area (Å²) in [6.45, 7) is 4.20. The Hall–Kier alpha value is -2.49. The number of ether oxygens (including phenoxy) is 2. The highest BCUT2D eigenvalue weighted by molar-refractivity contribution is 5.97. The molecule has 1 amide bonds. The second kappa shape index (κ2) is 8.39. The van der Waals surface area contributed by atoms with Gasteiger partial charge in [0.15, 0.2) is 0 Å². The molecule has 2 atom stereocenters. The van der Waals surface area contributed by atoms with Gasteiger partial charge in [0.25, 0.3) is 0 Å². The minimum absolute atomic E-state index is 0.0287. The second-order valence-electron chi connectivity index (χ2n) is 5.83. The monoisotopic (exact) mass is 327 g/mol. The van der Waals surface area contributed by atoms with Gasteiger partial charge in [0, 0.05) is 6.07 Å². The van der Waals surface area contributed by atoms with Crippen molar-refractivity contribution < 1.29 is 14.3 Å². The number of anilines is 1. The predicted molar refractivity (Wildman–Crippen MR) is 96.8 cm³/mol. The zero-order valence-electron chi connectivity index (χ0n) is 14.7. The standard InChI is InChI=1S/C20H25NO3/c1-5-14(2)19(15-9-7-6-8-10-15)20(22)21-17-12-11-16(23-3)13-18(17)24-4/h6-14,19H,5H2,1-4H3,(H,21,22)/t14-,19+/m1/s1. The zero-order chi connectivity index (χ0) is 17.5. The third kappa shape index (κ3) is 4.07.